The van der Waals surface area contributed by atoms with Crippen LogP contribution in [-0.2, 0) is 15.3 Å². The number of hydrogen-bond acceptors (Lipinski definition) is 2. The first-order chi connectivity index (χ1) is 8.37. The highest BCUT2D eigenvalue weighted by atomic mass is 79.9. The van der Waals surface area contributed by atoms with Gasteiger partial charge in [0.25, 0.3) is 0 Å². The van der Waals surface area contributed by atoms with Crippen molar-refractivity contribution in [3.63, 3.8) is 0 Å². The molecule has 1 aromatic rings. The Morgan fingerprint density at radius 1 is 1.00 bits per heavy atom. The standard InChI is InChI=1S/C15H23BrO2S/c1-14(2,3)12-9-7-11(8-10-12)13(16)15(4,5)19(6,17)18/h7-10,13H,1-6H3. The van der Waals surface area contributed by atoms with Gasteiger partial charge < -0.3 is 0 Å². The van der Waals surface area contributed by atoms with Crippen LogP contribution in [0.4, 0.5) is 0 Å². The summed E-state index contributed by atoms with van der Waals surface area (Å²) in [5, 5.41) is 0. The second-order valence-corrected chi connectivity index (χ2v) is 10.1. The first-order valence-corrected chi connectivity index (χ1v) is 9.12. The van der Waals surface area contributed by atoms with Crippen LogP contribution >= 0.6 is 15.9 Å². The third kappa shape index (κ3) is 3.60. The molecule has 1 aromatic carbocycles. The minimum atomic E-state index is -3.14. The van der Waals surface area contributed by atoms with Crippen molar-refractivity contribution in [1.82, 2.24) is 0 Å². The van der Waals surface area contributed by atoms with Crippen molar-refractivity contribution in [2.45, 2.75) is 49.6 Å². The van der Waals surface area contributed by atoms with E-state index in [4.69, 9.17) is 0 Å². The highest BCUT2D eigenvalue weighted by molar-refractivity contribution is 9.09. The molecule has 0 aliphatic heterocycles. The lowest BCUT2D eigenvalue weighted by Crippen LogP contribution is -2.35. The molecule has 1 atom stereocenters. The molecule has 0 bridgehead atoms. The lowest BCUT2D eigenvalue weighted by atomic mass is 9.86. The zero-order valence-electron chi connectivity index (χ0n) is 12.5. The van der Waals surface area contributed by atoms with Crippen molar-refractivity contribution in [2.24, 2.45) is 0 Å². The Balaban J connectivity index is 3.13. The molecular formula is C15H23BrO2S. The number of sulfone groups is 1. The van der Waals surface area contributed by atoms with E-state index in [-0.39, 0.29) is 10.2 Å². The van der Waals surface area contributed by atoms with Gasteiger partial charge in [-0.2, -0.15) is 0 Å². The maximum atomic E-state index is 11.9. The summed E-state index contributed by atoms with van der Waals surface area (Å²) in [5.74, 6) is 0. The average Bonchev–Trinajstić information content (AvgIpc) is 2.25. The van der Waals surface area contributed by atoms with E-state index in [1.165, 1.54) is 11.8 Å². The third-order valence-corrected chi connectivity index (χ3v) is 7.76. The van der Waals surface area contributed by atoms with Crippen LogP contribution in [0.25, 0.3) is 0 Å². The van der Waals surface area contributed by atoms with Crippen molar-refractivity contribution in [3.8, 4) is 0 Å². The smallest absolute Gasteiger partial charge is 0.154 e. The SMILES string of the molecule is CC(C)(C)c1ccc(C(Br)C(C)(C)S(C)(=O)=O)cc1. The molecule has 0 saturated heterocycles. The lowest BCUT2D eigenvalue weighted by Gasteiger charge is -2.29. The van der Waals surface area contributed by atoms with Gasteiger partial charge in [0.1, 0.15) is 0 Å². The average molecular weight is 347 g/mol. The molecule has 2 nitrogen and oxygen atoms in total. The highest BCUT2D eigenvalue weighted by Crippen LogP contribution is 2.39. The molecular weight excluding hydrogens is 324 g/mol. The van der Waals surface area contributed by atoms with E-state index in [2.05, 4.69) is 48.8 Å². The van der Waals surface area contributed by atoms with Crippen LogP contribution in [0.15, 0.2) is 24.3 Å². The fraction of sp³-hybridized carbons (Fsp3) is 0.600. The number of benzene rings is 1. The van der Waals surface area contributed by atoms with Crippen LogP contribution in [0.1, 0.15) is 50.6 Å². The van der Waals surface area contributed by atoms with E-state index < -0.39 is 14.6 Å². The van der Waals surface area contributed by atoms with E-state index in [0.29, 0.717) is 0 Å². The molecule has 4 heteroatoms. The quantitative estimate of drug-likeness (QED) is 0.767. The molecule has 0 heterocycles. The minimum Gasteiger partial charge on any atom is -0.229 e. The third-order valence-electron chi connectivity index (χ3n) is 3.64. The van der Waals surface area contributed by atoms with Crippen LogP contribution < -0.4 is 0 Å². The maximum Gasteiger partial charge on any atom is 0.154 e. The highest BCUT2D eigenvalue weighted by Gasteiger charge is 2.38. The second kappa shape index (κ2) is 5.21. The molecule has 1 rings (SSSR count). The van der Waals surface area contributed by atoms with Crippen LogP contribution in [-0.4, -0.2) is 19.4 Å². The zero-order valence-corrected chi connectivity index (χ0v) is 14.9. The summed E-state index contributed by atoms with van der Waals surface area (Å²) >= 11 is 3.54. The van der Waals surface area contributed by atoms with Gasteiger partial charge in [-0.3, -0.25) is 0 Å². The summed E-state index contributed by atoms with van der Waals surface area (Å²) in [7, 11) is -3.14. The predicted molar refractivity (Wildman–Crippen MR) is 85.7 cm³/mol. The molecule has 0 aromatic heterocycles. The molecule has 0 aliphatic carbocycles. The number of halogens is 1. The lowest BCUT2D eigenvalue weighted by molar-refractivity contribution is 0.548. The largest absolute Gasteiger partial charge is 0.229 e. The topological polar surface area (TPSA) is 34.1 Å². The van der Waals surface area contributed by atoms with Gasteiger partial charge in [-0.15, -0.1) is 0 Å². The predicted octanol–water partition coefficient (Wildman–Crippen LogP) is 4.24. The first kappa shape index (κ1) is 16.7. The van der Waals surface area contributed by atoms with Crippen LogP contribution in [0.2, 0.25) is 0 Å². The normalized spacial score (nSPS) is 15.3. The van der Waals surface area contributed by atoms with Crippen molar-refractivity contribution in [2.75, 3.05) is 6.26 Å². The van der Waals surface area contributed by atoms with Crippen molar-refractivity contribution in [3.05, 3.63) is 35.4 Å². The molecule has 108 valence electrons. The Bertz CT molecular complexity index is 537. The Labute approximate surface area is 125 Å². The molecule has 0 spiro atoms. The van der Waals surface area contributed by atoms with E-state index in [1.807, 2.05) is 12.1 Å². The van der Waals surface area contributed by atoms with Gasteiger partial charge in [0.05, 0.1) is 9.57 Å². The molecule has 0 saturated carbocycles. The van der Waals surface area contributed by atoms with Crippen LogP contribution in [0.3, 0.4) is 0 Å². The summed E-state index contributed by atoms with van der Waals surface area (Å²) < 4.78 is 22.9. The Kier molecular flexibility index (Phi) is 4.58. The van der Waals surface area contributed by atoms with E-state index in [0.717, 1.165) is 5.56 Å². The van der Waals surface area contributed by atoms with Crippen molar-refractivity contribution >= 4 is 25.8 Å². The molecule has 0 amide bonds. The minimum absolute atomic E-state index is 0.104. The number of rotatable bonds is 3. The van der Waals surface area contributed by atoms with Crippen molar-refractivity contribution in [1.29, 1.82) is 0 Å². The fourth-order valence-corrected chi connectivity index (χ4v) is 3.58. The molecule has 0 N–H and O–H groups in total. The maximum absolute atomic E-state index is 11.9. The first-order valence-electron chi connectivity index (χ1n) is 6.31. The Hall–Kier alpha value is -0.350. The summed E-state index contributed by atoms with van der Waals surface area (Å²) in [6.07, 6.45) is 1.28. The van der Waals surface area contributed by atoms with Gasteiger partial charge in [0, 0.05) is 6.26 Å². The Morgan fingerprint density at radius 3 is 1.74 bits per heavy atom. The molecule has 0 aliphatic rings. The van der Waals surface area contributed by atoms with Gasteiger partial charge in [-0.1, -0.05) is 61.0 Å². The van der Waals surface area contributed by atoms with Gasteiger partial charge >= 0.3 is 0 Å². The van der Waals surface area contributed by atoms with Crippen LogP contribution in [0, 0.1) is 0 Å². The van der Waals surface area contributed by atoms with E-state index in [9.17, 15) is 8.42 Å². The number of alkyl halides is 1. The molecule has 0 radical (unpaired) electrons. The summed E-state index contributed by atoms with van der Waals surface area (Å²) in [4.78, 5) is -0.219. The number of hydrogen-bond donors (Lipinski definition) is 0. The Morgan fingerprint density at radius 2 is 1.42 bits per heavy atom. The van der Waals surface area contributed by atoms with Gasteiger partial charge in [-0.05, 0) is 30.4 Å². The zero-order chi connectivity index (χ0) is 15.1. The van der Waals surface area contributed by atoms with Crippen LogP contribution in [0.5, 0.6) is 0 Å². The molecule has 1 unspecified atom stereocenters. The summed E-state index contributed by atoms with van der Waals surface area (Å²) in [6, 6.07) is 8.16. The summed E-state index contributed by atoms with van der Waals surface area (Å²) in [6.45, 7) is 9.98. The van der Waals surface area contributed by atoms with E-state index in [1.54, 1.807) is 13.8 Å². The van der Waals surface area contributed by atoms with Gasteiger partial charge in [0.2, 0.25) is 0 Å². The van der Waals surface area contributed by atoms with Gasteiger partial charge in [0.15, 0.2) is 9.84 Å². The summed E-state index contributed by atoms with van der Waals surface area (Å²) in [5.41, 5.74) is 2.34. The van der Waals surface area contributed by atoms with Gasteiger partial charge in [-0.25, -0.2) is 8.42 Å². The second-order valence-electron chi connectivity index (χ2n) is 6.61. The molecule has 19 heavy (non-hydrogen) atoms. The monoisotopic (exact) mass is 346 g/mol. The van der Waals surface area contributed by atoms with Crippen molar-refractivity contribution < 1.29 is 8.42 Å². The molecule has 0 fully saturated rings. The fourth-order valence-electron chi connectivity index (χ4n) is 1.74. The van der Waals surface area contributed by atoms with E-state index >= 15 is 0 Å².